The number of carbonyl (C=O) groups excluding carboxylic acids is 1. The molecule has 0 aliphatic carbocycles. The van der Waals surface area contributed by atoms with Gasteiger partial charge in [0.1, 0.15) is 5.69 Å². The van der Waals surface area contributed by atoms with Crippen molar-refractivity contribution in [1.29, 1.82) is 0 Å². The first kappa shape index (κ1) is 8.44. The number of fused-ring (bicyclic) bond motifs is 1. The van der Waals surface area contributed by atoms with E-state index in [1.165, 1.54) is 0 Å². The normalized spacial score (nSPS) is 15.8. The Balaban J connectivity index is 2.49. The van der Waals surface area contributed by atoms with Crippen LogP contribution in [0.1, 0.15) is 24.3 Å². The van der Waals surface area contributed by atoms with Crippen LogP contribution in [0.25, 0.3) is 0 Å². The highest BCUT2D eigenvalue weighted by atomic mass is 32.1. The van der Waals surface area contributed by atoms with Crippen molar-refractivity contribution in [2.24, 2.45) is 0 Å². The molecule has 4 heteroatoms. The molecule has 2 rings (SSSR count). The third kappa shape index (κ3) is 1.02. The van der Waals surface area contributed by atoms with E-state index < -0.39 is 0 Å². The standard InChI is InChI=1S/C9H10N2OS/c1-6(2)11-8(12)7-4-3-5-10(7)9(11)13/h3-6H,1-2H3. The van der Waals surface area contributed by atoms with Gasteiger partial charge in [0, 0.05) is 12.2 Å². The molecule has 0 radical (unpaired) electrons. The fraction of sp³-hybridized carbons (Fsp3) is 0.333. The Hall–Kier alpha value is -1.16. The molecule has 1 aromatic rings. The highest BCUT2D eigenvalue weighted by Gasteiger charge is 2.33. The van der Waals surface area contributed by atoms with Crippen molar-refractivity contribution in [3.05, 3.63) is 24.0 Å². The van der Waals surface area contributed by atoms with Gasteiger partial charge in [-0.2, -0.15) is 0 Å². The molecule has 0 unspecified atom stereocenters. The zero-order valence-corrected chi connectivity index (χ0v) is 8.34. The Morgan fingerprint density at radius 1 is 1.46 bits per heavy atom. The lowest BCUT2D eigenvalue weighted by Crippen LogP contribution is -2.36. The van der Waals surface area contributed by atoms with Crippen molar-refractivity contribution in [3.8, 4) is 0 Å². The van der Waals surface area contributed by atoms with Crippen molar-refractivity contribution in [1.82, 2.24) is 9.47 Å². The number of rotatable bonds is 1. The minimum Gasteiger partial charge on any atom is -0.289 e. The van der Waals surface area contributed by atoms with Gasteiger partial charge in [-0.3, -0.25) is 14.3 Å². The van der Waals surface area contributed by atoms with Gasteiger partial charge < -0.3 is 0 Å². The molecule has 1 aromatic heterocycles. The second-order valence-corrected chi connectivity index (χ2v) is 3.68. The number of carbonyl (C=O) groups is 1. The van der Waals surface area contributed by atoms with Gasteiger partial charge in [-0.05, 0) is 38.2 Å². The summed E-state index contributed by atoms with van der Waals surface area (Å²) < 4.78 is 1.75. The van der Waals surface area contributed by atoms with E-state index in [9.17, 15) is 4.79 Å². The number of nitrogens with zero attached hydrogens (tertiary/aromatic N) is 2. The third-order valence-corrected chi connectivity index (χ3v) is 2.51. The number of thiocarbonyl (C=S) groups is 1. The van der Waals surface area contributed by atoms with Crippen LogP contribution < -0.4 is 0 Å². The summed E-state index contributed by atoms with van der Waals surface area (Å²) in [6.45, 7) is 3.91. The quantitative estimate of drug-likeness (QED) is 0.633. The van der Waals surface area contributed by atoms with Gasteiger partial charge in [0.05, 0.1) is 0 Å². The first-order valence-electron chi connectivity index (χ1n) is 4.18. The lowest BCUT2D eigenvalue weighted by Gasteiger charge is -2.19. The van der Waals surface area contributed by atoms with E-state index >= 15 is 0 Å². The van der Waals surface area contributed by atoms with E-state index in [0.29, 0.717) is 10.8 Å². The van der Waals surface area contributed by atoms with Crippen molar-refractivity contribution < 1.29 is 4.79 Å². The molecule has 0 aromatic carbocycles. The lowest BCUT2D eigenvalue weighted by atomic mass is 10.3. The number of hydrogen-bond acceptors (Lipinski definition) is 2. The Morgan fingerprint density at radius 3 is 2.69 bits per heavy atom. The summed E-state index contributed by atoms with van der Waals surface area (Å²) in [6.07, 6.45) is 1.82. The molecule has 1 amide bonds. The summed E-state index contributed by atoms with van der Waals surface area (Å²) in [5, 5.41) is 0.583. The predicted molar refractivity (Wildman–Crippen MR) is 53.7 cm³/mol. The van der Waals surface area contributed by atoms with Crippen molar-refractivity contribution in [2.45, 2.75) is 19.9 Å². The molecule has 1 aliphatic heterocycles. The molecule has 1 aliphatic rings. The Bertz CT molecular complexity index is 350. The van der Waals surface area contributed by atoms with Crippen LogP contribution in [0.3, 0.4) is 0 Å². The number of amides is 1. The van der Waals surface area contributed by atoms with Crippen LogP contribution in [0, 0.1) is 0 Å². The van der Waals surface area contributed by atoms with Crippen LogP contribution in [-0.4, -0.2) is 26.5 Å². The van der Waals surface area contributed by atoms with E-state index in [-0.39, 0.29) is 11.9 Å². The second-order valence-electron chi connectivity index (χ2n) is 3.31. The van der Waals surface area contributed by atoms with Crippen LogP contribution in [0.15, 0.2) is 18.3 Å². The highest BCUT2D eigenvalue weighted by molar-refractivity contribution is 7.80. The minimum atomic E-state index is 0.00463. The van der Waals surface area contributed by atoms with Gasteiger partial charge in [-0.1, -0.05) is 0 Å². The van der Waals surface area contributed by atoms with E-state index in [4.69, 9.17) is 12.2 Å². The van der Waals surface area contributed by atoms with Gasteiger partial charge in [-0.15, -0.1) is 0 Å². The van der Waals surface area contributed by atoms with Crippen molar-refractivity contribution in [2.75, 3.05) is 0 Å². The Labute approximate surface area is 81.9 Å². The Kier molecular flexibility index (Phi) is 1.73. The maximum atomic E-state index is 11.7. The smallest absolute Gasteiger partial charge is 0.277 e. The average Bonchev–Trinajstić information content (AvgIpc) is 2.56. The molecule has 0 spiro atoms. The average molecular weight is 194 g/mol. The van der Waals surface area contributed by atoms with Gasteiger partial charge in [0.2, 0.25) is 0 Å². The molecule has 3 nitrogen and oxygen atoms in total. The largest absolute Gasteiger partial charge is 0.289 e. The monoisotopic (exact) mass is 194 g/mol. The number of hydrogen-bond donors (Lipinski definition) is 0. The molecular weight excluding hydrogens is 184 g/mol. The molecule has 0 saturated carbocycles. The van der Waals surface area contributed by atoms with E-state index in [2.05, 4.69) is 0 Å². The van der Waals surface area contributed by atoms with E-state index in [1.807, 2.05) is 26.1 Å². The van der Waals surface area contributed by atoms with E-state index in [1.54, 1.807) is 15.5 Å². The van der Waals surface area contributed by atoms with Crippen LogP contribution in [-0.2, 0) is 0 Å². The van der Waals surface area contributed by atoms with Crippen LogP contribution >= 0.6 is 12.2 Å². The van der Waals surface area contributed by atoms with Crippen LogP contribution in [0.4, 0.5) is 0 Å². The second kappa shape index (κ2) is 2.67. The maximum Gasteiger partial charge on any atom is 0.277 e. The molecule has 0 N–H and O–H groups in total. The molecule has 2 heterocycles. The van der Waals surface area contributed by atoms with Gasteiger partial charge in [-0.25, -0.2) is 0 Å². The van der Waals surface area contributed by atoms with Crippen molar-refractivity contribution in [3.63, 3.8) is 0 Å². The fourth-order valence-corrected chi connectivity index (χ4v) is 1.96. The molecule has 13 heavy (non-hydrogen) atoms. The molecule has 0 atom stereocenters. The van der Waals surface area contributed by atoms with Crippen molar-refractivity contribution >= 4 is 23.2 Å². The molecule has 0 saturated heterocycles. The molecule has 68 valence electrons. The zero-order chi connectivity index (χ0) is 9.59. The summed E-state index contributed by atoms with van der Waals surface area (Å²) in [7, 11) is 0. The first-order valence-corrected chi connectivity index (χ1v) is 4.59. The fourth-order valence-electron chi connectivity index (χ4n) is 1.50. The molecular formula is C9H10N2OS. The highest BCUT2D eigenvalue weighted by Crippen LogP contribution is 2.19. The maximum absolute atomic E-state index is 11.7. The van der Waals surface area contributed by atoms with Gasteiger partial charge in [0.15, 0.2) is 5.11 Å². The summed E-state index contributed by atoms with van der Waals surface area (Å²) in [4.78, 5) is 13.4. The molecule has 0 fully saturated rings. The lowest BCUT2D eigenvalue weighted by molar-refractivity contribution is 0.0835. The predicted octanol–water partition coefficient (Wildman–Crippen LogP) is 1.49. The summed E-state index contributed by atoms with van der Waals surface area (Å²) >= 11 is 5.17. The molecule has 0 bridgehead atoms. The summed E-state index contributed by atoms with van der Waals surface area (Å²) in [6, 6.07) is 3.74. The summed E-state index contributed by atoms with van der Waals surface area (Å²) in [5.41, 5.74) is 0.665. The Morgan fingerprint density at radius 2 is 2.15 bits per heavy atom. The minimum absolute atomic E-state index is 0.00463. The number of aromatic nitrogens is 1. The zero-order valence-electron chi connectivity index (χ0n) is 7.52. The first-order chi connectivity index (χ1) is 6.13. The van der Waals surface area contributed by atoms with Crippen LogP contribution in [0.5, 0.6) is 0 Å². The SMILES string of the molecule is CC(C)N1C(=O)c2cccn2C1=S. The van der Waals surface area contributed by atoms with E-state index in [0.717, 1.165) is 0 Å². The van der Waals surface area contributed by atoms with Gasteiger partial charge in [0.25, 0.3) is 5.91 Å². The topological polar surface area (TPSA) is 25.2 Å². The third-order valence-electron chi connectivity index (χ3n) is 2.12. The van der Waals surface area contributed by atoms with Gasteiger partial charge >= 0.3 is 0 Å². The summed E-state index contributed by atoms with van der Waals surface area (Å²) in [5.74, 6) is 0.00463. The van der Waals surface area contributed by atoms with Crippen LogP contribution in [0.2, 0.25) is 0 Å².